The molecule has 5 rings (SSSR count). The lowest BCUT2D eigenvalue weighted by atomic mass is 9.96. The molecule has 7 heteroatoms. The van der Waals surface area contributed by atoms with E-state index < -0.39 is 11.6 Å². The molecule has 2 aliphatic heterocycles. The third-order valence-electron chi connectivity index (χ3n) is 6.48. The summed E-state index contributed by atoms with van der Waals surface area (Å²) in [4.78, 5) is 5.96. The molecule has 0 amide bonds. The van der Waals surface area contributed by atoms with E-state index in [0.717, 1.165) is 38.7 Å². The fourth-order valence-electron chi connectivity index (χ4n) is 4.37. The van der Waals surface area contributed by atoms with Gasteiger partial charge in [-0.3, -0.25) is 4.90 Å². The van der Waals surface area contributed by atoms with Crippen molar-refractivity contribution in [2.45, 2.75) is 38.9 Å². The van der Waals surface area contributed by atoms with E-state index in [9.17, 15) is 13.9 Å². The van der Waals surface area contributed by atoms with Crippen molar-refractivity contribution in [2.24, 2.45) is 5.92 Å². The Morgan fingerprint density at radius 2 is 1.91 bits per heavy atom. The van der Waals surface area contributed by atoms with Crippen LogP contribution in [0.15, 0.2) is 54.8 Å². The van der Waals surface area contributed by atoms with E-state index in [1.54, 1.807) is 0 Å². The van der Waals surface area contributed by atoms with Crippen molar-refractivity contribution in [2.75, 3.05) is 25.0 Å². The minimum Gasteiger partial charge on any atom is -0.513 e. The molecule has 176 valence electrons. The second-order valence-corrected chi connectivity index (χ2v) is 9.16. The van der Waals surface area contributed by atoms with Gasteiger partial charge in [0, 0.05) is 66.5 Å². The fourth-order valence-corrected chi connectivity index (χ4v) is 4.37. The Labute approximate surface area is 193 Å². The third kappa shape index (κ3) is 5.54. The maximum Gasteiger partial charge on any atom is 0.128 e. The second-order valence-electron chi connectivity index (χ2n) is 9.16. The zero-order valence-electron chi connectivity index (χ0n) is 19.2. The summed E-state index contributed by atoms with van der Waals surface area (Å²) < 4.78 is 25.4. The molecule has 3 heterocycles. The average Bonchev–Trinajstić information content (AvgIpc) is 3.08. The predicted octanol–water partition coefficient (Wildman–Crippen LogP) is 4.97. The first kappa shape index (κ1) is 23.3. The molecular weight excluding hydrogens is 422 g/mol. The van der Waals surface area contributed by atoms with E-state index in [0.29, 0.717) is 17.8 Å². The lowest BCUT2D eigenvalue weighted by molar-refractivity contribution is 0.152. The number of para-hydroxylation sites is 1. The van der Waals surface area contributed by atoms with Gasteiger partial charge in [0.25, 0.3) is 0 Å². The number of nitrogens with one attached hydrogen (secondary N) is 3. The summed E-state index contributed by atoms with van der Waals surface area (Å²) >= 11 is 0. The van der Waals surface area contributed by atoms with Crippen LogP contribution in [-0.2, 0) is 13.0 Å². The molecule has 0 bridgehead atoms. The first-order valence-corrected chi connectivity index (χ1v) is 11.4. The maximum atomic E-state index is 12.7. The minimum absolute atomic E-state index is 0.114. The molecule has 2 atom stereocenters. The Bertz CT molecular complexity index is 1100. The van der Waals surface area contributed by atoms with Crippen LogP contribution < -0.4 is 10.6 Å². The highest BCUT2D eigenvalue weighted by molar-refractivity contribution is 5.84. The Balaban J connectivity index is 0.000000172. The molecular formula is C26H32F2N4O. The molecule has 2 aliphatic rings. The summed E-state index contributed by atoms with van der Waals surface area (Å²) in [6.45, 7) is 11.4. The molecule has 5 nitrogen and oxygen atoms in total. The summed E-state index contributed by atoms with van der Waals surface area (Å²) in [6, 6.07) is 12.7. The number of nitrogens with zero attached hydrogens (tertiary/aromatic N) is 1. The van der Waals surface area contributed by atoms with Gasteiger partial charge in [0.2, 0.25) is 0 Å². The Morgan fingerprint density at radius 1 is 1.21 bits per heavy atom. The van der Waals surface area contributed by atoms with E-state index in [1.165, 1.54) is 34.3 Å². The monoisotopic (exact) mass is 454 g/mol. The number of aromatic amines is 1. The van der Waals surface area contributed by atoms with Gasteiger partial charge in [0.05, 0.1) is 11.8 Å². The summed E-state index contributed by atoms with van der Waals surface area (Å²) in [7, 11) is 0. The van der Waals surface area contributed by atoms with Gasteiger partial charge in [0.1, 0.15) is 11.6 Å². The predicted molar refractivity (Wildman–Crippen MR) is 129 cm³/mol. The number of aliphatic hydroxyl groups is 1. The van der Waals surface area contributed by atoms with Gasteiger partial charge in [0.15, 0.2) is 0 Å². The number of hydrogen-bond donors (Lipinski definition) is 4. The van der Waals surface area contributed by atoms with Crippen molar-refractivity contribution in [3.63, 3.8) is 0 Å². The molecule has 2 aromatic carbocycles. The van der Waals surface area contributed by atoms with E-state index in [1.807, 2.05) is 6.92 Å². The van der Waals surface area contributed by atoms with E-state index in [-0.39, 0.29) is 11.7 Å². The first-order valence-electron chi connectivity index (χ1n) is 11.4. The van der Waals surface area contributed by atoms with Gasteiger partial charge in [-0.05, 0) is 37.1 Å². The normalized spacial score (nSPS) is 19.2. The molecule has 0 aliphatic carbocycles. The van der Waals surface area contributed by atoms with Gasteiger partial charge in [-0.15, -0.1) is 0 Å². The molecule has 1 saturated heterocycles. The summed E-state index contributed by atoms with van der Waals surface area (Å²) in [5.41, 5.74) is 4.51. The van der Waals surface area contributed by atoms with Crippen LogP contribution in [0, 0.1) is 17.6 Å². The van der Waals surface area contributed by atoms with Crippen LogP contribution in [0.2, 0.25) is 0 Å². The van der Waals surface area contributed by atoms with Crippen molar-refractivity contribution < 1.29 is 13.9 Å². The zero-order chi connectivity index (χ0) is 23.5. The second kappa shape index (κ2) is 9.93. The SMILES string of the molecule is C=C(O)[C@H](C)CN1Cc2[nH]c3ccccc3c2C[C@H]1C.Fc1cc(F)cc(NC2CNC2)c1. The molecule has 0 saturated carbocycles. The van der Waals surface area contributed by atoms with Crippen LogP contribution in [0.1, 0.15) is 25.1 Å². The Hall–Kier alpha value is -2.90. The highest BCUT2D eigenvalue weighted by Gasteiger charge is 2.27. The van der Waals surface area contributed by atoms with Gasteiger partial charge >= 0.3 is 0 Å². The van der Waals surface area contributed by atoms with E-state index >= 15 is 0 Å². The van der Waals surface area contributed by atoms with E-state index in [4.69, 9.17) is 0 Å². The third-order valence-corrected chi connectivity index (χ3v) is 6.48. The molecule has 33 heavy (non-hydrogen) atoms. The molecule has 0 radical (unpaired) electrons. The maximum absolute atomic E-state index is 12.7. The standard InChI is InChI=1S/C17H22N2O.C9H10F2N2/c1-11(13(3)20)9-19-10-17-15(8-12(19)2)14-6-4-5-7-16(14)18-17;10-6-1-7(11)3-8(2-6)13-9-4-12-5-9/h4-7,11-12,18,20H,3,8-10H2,1-2H3;1-3,9,12-13H,4-5H2/t11-,12-;/m1./s1. The number of rotatable bonds is 5. The van der Waals surface area contributed by atoms with Crippen LogP contribution >= 0.6 is 0 Å². The number of benzene rings is 2. The smallest absolute Gasteiger partial charge is 0.128 e. The van der Waals surface area contributed by atoms with Crippen LogP contribution in [0.4, 0.5) is 14.5 Å². The number of aliphatic hydroxyl groups excluding tert-OH is 1. The Morgan fingerprint density at radius 3 is 2.55 bits per heavy atom. The highest BCUT2D eigenvalue weighted by atomic mass is 19.1. The summed E-state index contributed by atoms with van der Waals surface area (Å²) in [6.07, 6.45) is 1.06. The molecule has 3 aromatic rings. The van der Waals surface area contributed by atoms with Gasteiger partial charge < -0.3 is 20.7 Å². The number of hydrogen-bond acceptors (Lipinski definition) is 4. The average molecular weight is 455 g/mol. The molecule has 1 aromatic heterocycles. The van der Waals surface area contributed by atoms with Gasteiger partial charge in [-0.2, -0.15) is 0 Å². The van der Waals surface area contributed by atoms with Crippen LogP contribution in [0.5, 0.6) is 0 Å². The molecule has 1 fully saturated rings. The quantitative estimate of drug-likeness (QED) is 0.411. The van der Waals surface area contributed by atoms with Crippen LogP contribution in [0.25, 0.3) is 10.9 Å². The fraction of sp³-hybridized carbons (Fsp3) is 0.385. The number of aromatic nitrogens is 1. The molecule has 0 unspecified atom stereocenters. The zero-order valence-corrected chi connectivity index (χ0v) is 19.2. The largest absolute Gasteiger partial charge is 0.513 e. The summed E-state index contributed by atoms with van der Waals surface area (Å²) in [5, 5.41) is 17.0. The van der Waals surface area contributed by atoms with Crippen molar-refractivity contribution in [3.05, 3.63) is 77.7 Å². The number of halogens is 2. The summed E-state index contributed by atoms with van der Waals surface area (Å²) in [5.74, 6) is -0.701. The van der Waals surface area contributed by atoms with Gasteiger partial charge in [-0.1, -0.05) is 31.7 Å². The highest BCUT2D eigenvalue weighted by Crippen LogP contribution is 2.30. The molecule has 4 N–H and O–H groups in total. The topological polar surface area (TPSA) is 63.3 Å². The molecule has 0 spiro atoms. The van der Waals surface area contributed by atoms with Crippen LogP contribution in [-0.4, -0.2) is 46.7 Å². The number of fused-ring (bicyclic) bond motifs is 3. The van der Waals surface area contributed by atoms with Crippen molar-refractivity contribution in [3.8, 4) is 0 Å². The van der Waals surface area contributed by atoms with Crippen molar-refractivity contribution in [1.82, 2.24) is 15.2 Å². The number of H-pyrrole nitrogens is 1. The van der Waals surface area contributed by atoms with E-state index in [2.05, 4.69) is 58.3 Å². The van der Waals surface area contributed by atoms with Crippen LogP contribution in [0.3, 0.4) is 0 Å². The number of anilines is 1. The Kier molecular flexibility index (Phi) is 7.00. The van der Waals surface area contributed by atoms with Crippen molar-refractivity contribution in [1.29, 1.82) is 0 Å². The first-order chi connectivity index (χ1) is 15.8. The minimum atomic E-state index is -0.546. The lowest BCUT2D eigenvalue weighted by Crippen LogP contribution is -2.51. The van der Waals surface area contributed by atoms with Gasteiger partial charge in [-0.25, -0.2) is 8.78 Å². The van der Waals surface area contributed by atoms with Crippen molar-refractivity contribution >= 4 is 16.6 Å². The lowest BCUT2D eigenvalue weighted by Gasteiger charge is -2.35.